The van der Waals surface area contributed by atoms with Gasteiger partial charge in [0.1, 0.15) is 5.82 Å². The fourth-order valence-electron chi connectivity index (χ4n) is 3.87. The lowest BCUT2D eigenvalue weighted by molar-refractivity contribution is -0.140. The molecule has 2 aliphatic carbocycles. The molecule has 2 fully saturated rings. The molecular weight excluding hydrogens is 272 g/mol. The van der Waals surface area contributed by atoms with Crippen LogP contribution in [0.15, 0.2) is 18.2 Å². The number of alkyl halides is 3. The average Bonchev–Trinajstić information content (AvgIpc) is 2.98. The molecule has 0 amide bonds. The average molecular weight is 288 g/mol. The molecule has 2 saturated carbocycles. The molecule has 2 bridgehead atoms. The van der Waals surface area contributed by atoms with E-state index in [2.05, 4.69) is 0 Å². The maximum atomic E-state index is 13.6. The van der Waals surface area contributed by atoms with Gasteiger partial charge in [0.15, 0.2) is 0 Å². The molecule has 5 heteroatoms. The van der Waals surface area contributed by atoms with Crippen molar-refractivity contribution in [2.24, 2.45) is 17.8 Å². The van der Waals surface area contributed by atoms with Crippen LogP contribution in [0, 0.1) is 23.6 Å². The Kier molecular flexibility index (Phi) is 3.27. The van der Waals surface area contributed by atoms with Gasteiger partial charge in [-0.05, 0) is 54.7 Å². The van der Waals surface area contributed by atoms with Crippen LogP contribution in [0.4, 0.5) is 17.6 Å². The first-order chi connectivity index (χ1) is 9.36. The summed E-state index contributed by atoms with van der Waals surface area (Å²) in [6, 6.07) is 2.75. The molecule has 0 heterocycles. The van der Waals surface area contributed by atoms with E-state index in [1.165, 1.54) is 12.5 Å². The molecule has 4 unspecified atom stereocenters. The number of benzene rings is 1. The molecular formula is C15H16F4O. The number of hydrogen-bond acceptors (Lipinski definition) is 1. The second-order valence-electron chi connectivity index (χ2n) is 6.02. The molecule has 2 aliphatic rings. The molecule has 0 aromatic heterocycles. The fourth-order valence-corrected chi connectivity index (χ4v) is 3.87. The van der Waals surface area contributed by atoms with Crippen molar-refractivity contribution in [1.82, 2.24) is 0 Å². The molecule has 0 spiro atoms. The van der Waals surface area contributed by atoms with Crippen LogP contribution in [0.1, 0.15) is 42.9 Å². The van der Waals surface area contributed by atoms with Crippen molar-refractivity contribution < 1.29 is 22.7 Å². The summed E-state index contributed by atoms with van der Waals surface area (Å²) < 4.78 is 51.1. The monoisotopic (exact) mass is 288 g/mol. The fraction of sp³-hybridized carbons (Fsp3) is 0.600. The largest absolute Gasteiger partial charge is 0.419 e. The van der Waals surface area contributed by atoms with Gasteiger partial charge in [-0.25, -0.2) is 4.39 Å². The van der Waals surface area contributed by atoms with Gasteiger partial charge in [0.05, 0.1) is 11.7 Å². The lowest BCUT2D eigenvalue weighted by atomic mass is 9.82. The van der Waals surface area contributed by atoms with Crippen LogP contribution < -0.4 is 0 Å². The third kappa shape index (κ3) is 2.32. The zero-order chi connectivity index (χ0) is 14.5. The molecule has 1 aromatic rings. The van der Waals surface area contributed by atoms with Crippen molar-refractivity contribution in [2.45, 2.75) is 38.0 Å². The lowest BCUT2D eigenvalue weighted by Gasteiger charge is -2.27. The van der Waals surface area contributed by atoms with Crippen molar-refractivity contribution in [3.05, 3.63) is 35.1 Å². The highest BCUT2D eigenvalue weighted by Crippen LogP contribution is 2.52. The van der Waals surface area contributed by atoms with Crippen molar-refractivity contribution in [3.63, 3.8) is 0 Å². The van der Waals surface area contributed by atoms with Crippen LogP contribution >= 0.6 is 0 Å². The number of rotatable bonds is 2. The van der Waals surface area contributed by atoms with Gasteiger partial charge in [0.25, 0.3) is 0 Å². The summed E-state index contributed by atoms with van der Waals surface area (Å²) >= 11 is 0. The summed E-state index contributed by atoms with van der Waals surface area (Å²) in [5.74, 6) is -0.193. The lowest BCUT2D eigenvalue weighted by Crippen LogP contribution is -2.19. The minimum absolute atomic E-state index is 0.0601. The Morgan fingerprint density at radius 3 is 2.40 bits per heavy atom. The van der Waals surface area contributed by atoms with E-state index in [4.69, 9.17) is 0 Å². The van der Waals surface area contributed by atoms with E-state index in [0.717, 1.165) is 31.4 Å². The maximum Gasteiger partial charge on any atom is 0.419 e. The topological polar surface area (TPSA) is 20.2 Å². The van der Waals surface area contributed by atoms with E-state index in [1.807, 2.05) is 0 Å². The Hall–Kier alpha value is -1.10. The third-order valence-electron chi connectivity index (χ3n) is 4.84. The molecule has 3 rings (SSSR count). The highest BCUT2D eigenvalue weighted by molar-refractivity contribution is 5.28. The van der Waals surface area contributed by atoms with Gasteiger partial charge >= 0.3 is 6.18 Å². The van der Waals surface area contributed by atoms with Gasteiger partial charge in [-0.1, -0.05) is 12.5 Å². The molecule has 1 N–H and O–H groups in total. The van der Waals surface area contributed by atoms with Crippen molar-refractivity contribution in [1.29, 1.82) is 0 Å². The van der Waals surface area contributed by atoms with Crippen LogP contribution in [0.3, 0.4) is 0 Å². The molecule has 20 heavy (non-hydrogen) atoms. The van der Waals surface area contributed by atoms with Crippen molar-refractivity contribution in [2.75, 3.05) is 0 Å². The quantitative estimate of drug-likeness (QED) is 0.804. The maximum absolute atomic E-state index is 13.6. The number of fused-ring (bicyclic) bond motifs is 2. The molecule has 1 aromatic carbocycles. The number of aliphatic hydroxyl groups excluding tert-OH is 1. The van der Waals surface area contributed by atoms with Crippen molar-refractivity contribution in [3.8, 4) is 0 Å². The Balaban J connectivity index is 1.82. The van der Waals surface area contributed by atoms with E-state index < -0.39 is 23.7 Å². The zero-order valence-electron chi connectivity index (χ0n) is 10.8. The van der Waals surface area contributed by atoms with Crippen LogP contribution in [0.2, 0.25) is 0 Å². The molecule has 1 nitrogen and oxygen atoms in total. The number of aliphatic hydroxyl groups is 1. The molecule has 110 valence electrons. The van der Waals surface area contributed by atoms with E-state index >= 15 is 0 Å². The first-order valence-electron chi connectivity index (χ1n) is 6.91. The third-order valence-corrected chi connectivity index (χ3v) is 4.84. The summed E-state index contributed by atoms with van der Waals surface area (Å²) in [7, 11) is 0. The standard InChI is InChI=1S/C15H16F4O/c16-13-7-10(3-4-12(13)15(17,18)19)14(20)11-6-8-1-2-9(11)5-8/h3-4,7-9,11,14,20H,1-2,5-6H2. The minimum atomic E-state index is -4.69. The van der Waals surface area contributed by atoms with E-state index in [-0.39, 0.29) is 11.5 Å². The van der Waals surface area contributed by atoms with Gasteiger partial charge in [0.2, 0.25) is 0 Å². The first-order valence-corrected chi connectivity index (χ1v) is 6.91. The zero-order valence-corrected chi connectivity index (χ0v) is 10.8. The molecule has 4 atom stereocenters. The Labute approximate surface area is 114 Å². The van der Waals surface area contributed by atoms with Gasteiger partial charge in [-0.15, -0.1) is 0 Å². The predicted molar refractivity (Wildman–Crippen MR) is 65.3 cm³/mol. The van der Waals surface area contributed by atoms with Gasteiger partial charge in [-0.3, -0.25) is 0 Å². The smallest absolute Gasteiger partial charge is 0.388 e. The Bertz CT molecular complexity index is 511. The van der Waals surface area contributed by atoms with Gasteiger partial charge < -0.3 is 5.11 Å². The van der Waals surface area contributed by atoms with E-state index in [9.17, 15) is 22.7 Å². The Morgan fingerprint density at radius 1 is 1.15 bits per heavy atom. The van der Waals surface area contributed by atoms with Crippen LogP contribution in [-0.2, 0) is 6.18 Å². The van der Waals surface area contributed by atoms with Gasteiger partial charge in [0, 0.05) is 0 Å². The second-order valence-corrected chi connectivity index (χ2v) is 6.02. The van der Waals surface area contributed by atoms with Crippen LogP contribution in [-0.4, -0.2) is 5.11 Å². The number of hydrogen-bond donors (Lipinski definition) is 1. The molecule has 0 saturated heterocycles. The highest BCUT2D eigenvalue weighted by atomic mass is 19.4. The molecule has 0 aliphatic heterocycles. The van der Waals surface area contributed by atoms with Gasteiger partial charge in [-0.2, -0.15) is 13.2 Å². The predicted octanol–water partition coefficient (Wildman–Crippen LogP) is 4.31. The summed E-state index contributed by atoms with van der Waals surface area (Å²) in [6.45, 7) is 0. The summed E-state index contributed by atoms with van der Waals surface area (Å²) in [4.78, 5) is 0. The first kappa shape index (κ1) is 13.9. The number of halogens is 4. The SMILES string of the molecule is OC(c1ccc(C(F)(F)F)c(F)c1)C1CC2CCC1C2. The van der Waals surface area contributed by atoms with Crippen LogP contribution in [0.5, 0.6) is 0 Å². The normalized spacial score (nSPS) is 30.8. The van der Waals surface area contributed by atoms with Crippen molar-refractivity contribution >= 4 is 0 Å². The highest BCUT2D eigenvalue weighted by Gasteiger charge is 2.43. The Morgan fingerprint density at radius 2 is 1.90 bits per heavy atom. The van der Waals surface area contributed by atoms with E-state index in [0.29, 0.717) is 11.8 Å². The van der Waals surface area contributed by atoms with Crippen LogP contribution in [0.25, 0.3) is 0 Å². The summed E-state index contributed by atoms with van der Waals surface area (Å²) in [5.41, 5.74) is -1.02. The summed E-state index contributed by atoms with van der Waals surface area (Å²) in [6.07, 6.45) is -1.33. The second kappa shape index (κ2) is 4.72. The minimum Gasteiger partial charge on any atom is -0.388 e. The summed E-state index contributed by atoms with van der Waals surface area (Å²) in [5, 5.41) is 10.3. The molecule has 0 radical (unpaired) electrons. The van der Waals surface area contributed by atoms with E-state index in [1.54, 1.807) is 0 Å².